The summed E-state index contributed by atoms with van der Waals surface area (Å²) in [6.07, 6.45) is 7.01. The number of carbonyl (C=O) groups is 1. The molecular weight excluding hydrogens is 269 g/mol. The van der Waals surface area contributed by atoms with Crippen molar-refractivity contribution in [2.24, 2.45) is 5.92 Å². The number of carbonyl (C=O) groups excluding carboxylic acids is 1. The van der Waals surface area contributed by atoms with E-state index in [9.17, 15) is 9.18 Å². The van der Waals surface area contributed by atoms with E-state index in [-0.39, 0.29) is 23.8 Å². The lowest BCUT2D eigenvalue weighted by atomic mass is 10.0. The lowest BCUT2D eigenvalue weighted by Gasteiger charge is -2.31. The van der Waals surface area contributed by atoms with Gasteiger partial charge in [0.05, 0.1) is 6.04 Å². The Bertz CT molecular complexity index is 582. The van der Waals surface area contributed by atoms with Gasteiger partial charge in [0.25, 0.3) is 5.91 Å². The summed E-state index contributed by atoms with van der Waals surface area (Å²) in [5, 5.41) is 1.89. The van der Waals surface area contributed by atoms with E-state index < -0.39 is 0 Å². The largest absolute Gasteiger partial charge is 0.315 e. The van der Waals surface area contributed by atoms with E-state index in [1.165, 1.54) is 25.0 Å². The van der Waals surface area contributed by atoms with Gasteiger partial charge in [-0.3, -0.25) is 4.79 Å². The van der Waals surface area contributed by atoms with Crippen molar-refractivity contribution < 1.29 is 9.18 Å². The van der Waals surface area contributed by atoms with Crippen LogP contribution >= 0.6 is 0 Å². The van der Waals surface area contributed by atoms with E-state index >= 15 is 0 Å². The molecule has 1 saturated heterocycles. The number of hydrogen-bond acceptors (Lipinski definition) is 3. The highest BCUT2D eigenvalue weighted by Crippen LogP contribution is 2.34. The summed E-state index contributed by atoms with van der Waals surface area (Å²) in [4.78, 5) is 14.4. The number of hydrogen-bond donors (Lipinski definition) is 1. The Morgan fingerprint density at radius 1 is 1.19 bits per heavy atom. The summed E-state index contributed by atoms with van der Waals surface area (Å²) in [5.74, 6) is 0.620. The number of nitrogens with zero attached hydrogens (tertiary/aromatic N) is 2. The predicted octanol–water partition coefficient (Wildman–Crippen LogP) is 2.17. The van der Waals surface area contributed by atoms with Crippen LogP contribution in [0.25, 0.3) is 0 Å². The molecule has 3 aliphatic rings. The summed E-state index contributed by atoms with van der Waals surface area (Å²) in [6, 6.07) is 6.40. The van der Waals surface area contributed by atoms with Gasteiger partial charge in [-0.1, -0.05) is 12.1 Å². The highest BCUT2D eigenvalue weighted by molar-refractivity contribution is 5.84. The molecule has 21 heavy (non-hydrogen) atoms. The quantitative estimate of drug-likeness (QED) is 0.925. The molecule has 1 aromatic carbocycles. The van der Waals surface area contributed by atoms with Crippen molar-refractivity contribution in [3.05, 3.63) is 48.0 Å². The van der Waals surface area contributed by atoms with Crippen molar-refractivity contribution in [2.75, 3.05) is 6.54 Å². The van der Waals surface area contributed by atoms with E-state index in [1.807, 2.05) is 22.3 Å². The molecule has 5 heteroatoms. The van der Waals surface area contributed by atoms with Crippen LogP contribution in [0.2, 0.25) is 0 Å². The summed E-state index contributed by atoms with van der Waals surface area (Å²) in [7, 11) is 0. The first-order chi connectivity index (χ1) is 10.2. The zero-order chi connectivity index (χ0) is 14.4. The average molecular weight is 287 g/mol. The summed E-state index contributed by atoms with van der Waals surface area (Å²) in [5.41, 5.74) is 4.34. The van der Waals surface area contributed by atoms with Crippen molar-refractivity contribution in [1.82, 2.24) is 15.3 Å². The minimum absolute atomic E-state index is 0.0603. The maximum atomic E-state index is 13.0. The fourth-order valence-electron chi connectivity index (χ4n) is 3.08. The molecule has 0 bridgehead atoms. The van der Waals surface area contributed by atoms with Crippen LogP contribution in [0.5, 0.6) is 0 Å². The van der Waals surface area contributed by atoms with Crippen LogP contribution < -0.4 is 5.43 Å². The highest BCUT2D eigenvalue weighted by Gasteiger charge is 2.41. The molecule has 4 nitrogen and oxygen atoms in total. The zero-order valence-electron chi connectivity index (χ0n) is 11.7. The predicted molar refractivity (Wildman–Crippen MR) is 76.1 cm³/mol. The smallest absolute Gasteiger partial charge is 0.250 e. The first-order valence-corrected chi connectivity index (χ1v) is 7.49. The van der Waals surface area contributed by atoms with Gasteiger partial charge >= 0.3 is 0 Å². The number of halogens is 1. The molecule has 2 fully saturated rings. The van der Waals surface area contributed by atoms with Crippen LogP contribution in [-0.2, 0) is 4.79 Å². The number of fused-ring (bicyclic) bond motifs is 1. The minimum Gasteiger partial charge on any atom is -0.315 e. The van der Waals surface area contributed by atoms with Crippen LogP contribution in [0.3, 0.4) is 0 Å². The van der Waals surface area contributed by atoms with Gasteiger partial charge in [0.1, 0.15) is 11.9 Å². The Morgan fingerprint density at radius 2 is 1.95 bits per heavy atom. The molecule has 2 atom stereocenters. The molecule has 1 saturated carbocycles. The molecule has 110 valence electrons. The maximum absolute atomic E-state index is 13.0. The second-order valence-corrected chi connectivity index (χ2v) is 6.12. The second-order valence-electron chi connectivity index (χ2n) is 6.12. The van der Waals surface area contributed by atoms with Crippen molar-refractivity contribution in [3.8, 4) is 0 Å². The molecule has 2 unspecified atom stereocenters. The lowest BCUT2D eigenvalue weighted by Crippen LogP contribution is -2.48. The number of benzene rings is 1. The maximum Gasteiger partial charge on any atom is 0.250 e. The Hall–Kier alpha value is -1.88. The van der Waals surface area contributed by atoms with Gasteiger partial charge < -0.3 is 9.91 Å². The van der Waals surface area contributed by atoms with Gasteiger partial charge in [0.2, 0.25) is 0 Å². The number of hydrazine groups is 1. The van der Waals surface area contributed by atoms with Gasteiger partial charge in [-0.15, -0.1) is 0 Å². The number of nitrogens with one attached hydrogen (secondary N) is 1. The van der Waals surface area contributed by atoms with Crippen molar-refractivity contribution in [1.29, 1.82) is 0 Å². The summed E-state index contributed by atoms with van der Waals surface area (Å²) >= 11 is 0. The van der Waals surface area contributed by atoms with Crippen molar-refractivity contribution >= 4 is 5.91 Å². The first-order valence-electron chi connectivity index (χ1n) is 7.49. The zero-order valence-corrected chi connectivity index (χ0v) is 11.7. The molecule has 1 aliphatic carbocycles. The van der Waals surface area contributed by atoms with E-state index in [0.717, 1.165) is 18.5 Å². The normalized spacial score (nSPS) is 28.1. The molecular formula is C16H18FN3O. The van der Waals surface area contributed by atoms with Gasteiger partial charge in [0, 0.05) is 18.9 Å². The van der Waals surface area contributed by atoms with Crippen molar-refractivity contribution in [2.45, 2.75) is 31.3 Å². The van der Waals surface area contributed by atoms with E-state index in [4.69, 9.17) is 0 Å². The third kappa shape index (κ3) is 2.42. The fraction of sp³-hybridized carbons (Fsp3) is 0.438. The average Bonchev–Trinajstić information content (AvgIpc) is 3.19. The molecule has 4 rings (SSSR count). The molecule has 0 radical (unpaired) electrons. The second kappa shape index (κ2) is 4.84. The van der Waals surface area contributed by atoms with Crippen LogP contribution in [0.15, 0.2) is 36.7 Å². The fourth-order valence-corrected chi connectivity index (χ4v) is 3.08. The van der Waals surface area contributed by atoms with E-state index in [0.29, 0.717) is 5.92 Å². The monoisotopic (exact) mass is 287 g/mol. The molecule has 1 aromatic rings. The molecule has 1 amide bonds. The van der Waals surface area contributed by atoms with Gasteiger partial charge in [0.15, 0.2) is 0 Å². The molecule has 0 spiro atoms. The SMILES string of the molecule is O=C1C2CC(c3ccc(F)cc3)NN2C=CN1CC1CC1. The van der Waals surface area contributed by atoms with Crippen LogP contribution in [0, 0.1) is 11.7 Å². The topological polar surface area (TPSA) is 35.6 Å². The van der Waals surface area contributed by atoms with Gasteiger partial charge in [-0.25, -0.2) is 9.82 Å². The summed E-state index contributed by atoms with van der Waals surface area (Å²) in [6.45, 7) is 0.848. The third-order valence-corrected chi connectivity index (χ3v) is 4.50. The molecule has 0 aromatic heterocycles. The lowest BCUT2D eigenvalue weighted by molar-refractivity contribution is -0.134. The Balaban J connectivity index is 1.49. The Morgan fingerprint density at radius 3 is 2.67 bits per heavy atom. The van der Waals surface area contributed by atoms with E-state index in [2.05, 4.69) is 5.43 Å². The Labute approximate surface area is 123 Å². The number of rotatable bonds is 3. The molecule has 1 N–H and O–H groups in total. The van der Waals surface area contributed by atoms with Gasteiger partial charge in [-0.2, -0.15) is 0 Å². The van der Waals surface area contributed by atoms with Gasteiger partial charge in [-0.05, 0) is 42.9 Å². The molecule has 2 heterocycles. The number of amides is 1. The van der Waals surface area contributed by atoms with Crippen LogP contribution in [0.4, 0.5) is 4.39 Å². The molecule has 2 aliphatic heterocycles. The summed E-state index contributed by atoms with van der Waals surface area (Å²) < 4.78 is 13.0. The standard InChI is InChI=1S/C16H18FN3O/c17-13-5-3-12(4-6-13)14-9-15-16(21)19(10-11-1-2-11)7-8-20(15)18-14/h3-8,11,14-15,18H,1-2,9-10H2. The minimum atomic E-state index is -0.235. The highest BCUT2D eigenvalue weighted by atomic mass is 19.1. The van der Waals surface area contributed by atoms with Crippen LogP contribution in [0.1, 0.15) is 30.9 Å². The van der Waals surface area contributed by atoms with Crippen LogP contribution in [-0.4, -0.2) is 28.4 Å². The first kappa shape index (κ1) is 12.8. The van der Waals surface area contributed by atoms with E-state index in [1.54, 1.807) is 12.1 Å². The van der Waals surface area contributed by atoms with Crippen molar-refractivity contribution in [3.63, 3.8) is 0 Å². The Kier molecular flexibility index (Phi) is 2.96. The third-order valence-electron chi connectivity index (χ3n) is 4.50.